The molecule has 1 saturated heterocycles. The van der Waals surface area contributed by atoms with Crippen molar-refractivity contribution in [2.75, 3.05) is 6.54 Å². The van der Waals surface area contributed by atoms with Crippen molar-refractivity contribution in [3.8, 4) is 0 Å². The molecule has 1 atom stereocenters. The van der Waals surface area contributed by atoms with E-state index in [4.69, 9.17) is 11.6 Å². The highest BCUT2D eigenvalue weighted by atomic mass is 35.5. The lowest BCUT2D eigenvalue weighted by Gasteiger charge is -2.14. The number of carbonyl (C=O) groups is 1. The highest BCUT2D eigenvalue weighted by Gasteiger charge is 2.39. The molecule has 1 N–H and O–H groups in total. The van der Waals surface area contributed by atoms with Crippen molar-refractivity contribution in [2.45, 2.75) is 26.3 Å². The highest BCUT2D eigenvalue weighted by molar-refractivity contribution is 6.31. The van der Waals surface area contributed by atoms with Gasteiger partial charge in [0.15, 0.2) is 5.78 Å². The van der Waals surface area contributed by atoms with Crippen molar-refractivity contribution >= 4 is 17.4 Å². The molecule has 2 rings (SSSR count). The summed E-state index contributed by atoms with van der Waals surface area (Å²) in [4.78, 5) is 12.0. The van der Waals surface area contributed by atoms with Crippen LogP contribution in [0.2, 0.25) is 5.02 Å². The minimum atomic E-state index is -0.244. The van der Waals surface area contributed by atoms with Crippen LogP contribution in [0.15, 0.2) is 24.3 Å². The van der Waals surface area contributed by atoms with Crippen molar-refractivity contribution in [2.24, 2.45) is 5.41 Å². The highest BCUT2D eigenvalue weighted by Crippen LogP contribution is 2.26. The molecule has 1 aromatic carbocycles. The fourth-order valence-corrected chi connectivity index (χ4v) is 2.29. The van der Waals surface area contributed by atoms with Crippen molar-refractivity contribution < 1.29 is 4.79 Å². The van der Waals surface area contributed by atoms with Crippen LogP contribution in [-0.2, 0) is 11.2 Å². The molecule has 0 radical (unpaired) electrons. The fourth-order valence-electron chi connectivity index (χ4n) is 2.08. The lowest BCUT2D eigenvalue weighted by molar-refractivity contribution is -0.125. The molecule has 1 aliphatic heterocycles. The standard InChI is InChI=1S/C13H16ClNO/c1-13(2)8-15-11(12(13)16)7-9-5-3-4-6-10(9)14/h3-6,11,15H,7-8H2,1-2H3. The molecule has 3 heteroatoms. The molecule has 86 valence electrons. The van der Waals surface area contributed by atoms with E-state index in [1.54, 1.807) is 0 Å². The summed E-state index contributed by atoms with van der Waals surface area (Å²) in [6.07, 6.45) is 0.682. The Morgan fingerprint density at radius 1 is 1.44 bits per heavy atom. The minimum absolute atomic E-state index is 0.0881. The first kappa shape index (κ1) is 11.6. The topological polar surface area (TPSA) is 29.1 Å². The van der Waals surface area contributed by atoms with Crippen LogP contribution in [0.3, 0.4) is 0 Å². The number of carbonyl (C=O) groups excluding carboxylic acids is 1. The molecule has 1 aromatic rings. The van der Waals surface area contributed by atoms with E-state index in [2.05, 4.69) is 5.32 Å². The van der Waals surface area contributed by atoms with Crippen LogP contribution in [0.1, 0.15) is 19.4 Å². The van der Waals surface area contributed by atoms with Gasteiger partial charge in [-0.05, 0) is 18.1 Å². The van der Waals surface area contributed by atoms with Gasteiger partial charge in [-0.1, -0.05) is 43.6 Å². The van der Waals surface area contributed by atoms with Gasteiger partial charge in [-0.3, -0.25) is 4.79 Å². The molecule has 2 nitrogen and oxygen atoms in total. The van der Waals surface area contributed by atoms with E-state index in [9.17, 15) is 4.79 Å². The van der Waals surface area contributed by atoms with Crippen LogP contribution < -0.4 is 5.32 Å². The maximum atomic E-state index is 12.0. The summed E-state index contributed by atoms with van der Waals surface area (Å²) < 4.78 is 0. The first-order valence-corrected chi connectivity index (χ1v) is 5.89. The number of halogens is 1. The molecular formula is C13H16ClNO. The van der Waals surface area contributed by atoms with Gasteiger partial charge < -0.3 is 5.32 Å². The monoisotopic (exact) mass is 237 g/mol. The van der Waals surface area contributed by atoms with E-state index in [0.717, 1.165) is 17.1 Å². The zero-order chi connectivity index (χ0) is 11.8. The Kier molecular flexibility index (Phi) is 3.04. The van der Waals surface area contributed by atoms with E-state index in [1.165, 1.54) is 0 Å². The molecule has 16 heavy (non-hydrogen) atoms. The second-order valence-electron chi connectivity index (χ2n) is 4.98. The first-order valence-electron chi connectivity index (χ1n) is 5.52. The van der Waals surface area contributed by atoms with Gasteiger partial charge in [0.1, 0.15) is 0 Å². The van der Waals surface area contributed by atoms with E-state index in [0.29, 0.717) is 6.42 Å². The van der Waals surface area contributed by atoms with Crippen LogP contribution in [0.4, 0.5) is 0 Å². The SMILES string of the molecule is CC1(C)CNC(Cc2ccccc2Cl)C1=O. The van der Waals surface area contributed by atoms with Gasteiger partial charge in [-0.25, -0.2) is 0 Å². The van der Waals surface area contributed by atoms with E-state index in [-0.39, 0.29) is 17.2 Å². The fraction of sp³-hybridized carbons (Fsp3) is 0.462. The number of hydrogen-bond acceptors (Lipinski definition) is 2. The maximum Gasteiger partial charge on any atom is 0.156 e. The third-order valence-corrected chi connectivity index (χ3v) is 3.52. The van der Waals surface area contributed by atoms with E-state index >= 15 is 0 Å². The second kappa shape index (κ2) is 4.19. The number of nitrogens with one attached hydrogen (secondary N) is 1. The van der Waals surface area contributed by atoms with Gasteiger partial charge in [0, 0.05) is 17.0 Å². The Balaban J connectivity index is 2.13. The summed E-state index contributed by atoms with van der Waals surface area (Å²) in [5.41, 5.74) is 0.791. The minimum Gasteiger partial charge on any atom is -0.306 e. The second-order valence-corrected chi connectivity index (χ2v) is 5.38. The van der Waals surface area contributed by atoms with Crippen molar-refractivity contribution in [1.29, 1.82) is 0 Å². The summed E-state index contributed by atoms with van der Waals surface area (Å²) in [5, 5.41) is 4.00. The number of hydrogen-bond donors (Lipinski definition) is 1. The van der Waals surface area contributed by atoms with Gasteiger partial charge in [0.05, 0.1) is 6.04 Å². The van der Waals surface area contributed by atoms with Crippen LogP contribution in [-0.4, -0.2) is 18.4 Å². The smallest absolute Gasteiger partial charge is 0.156 e. The van der Waals surface area contributed by atoms with Crippen molar-refractivity contribution in [3.05, 3.63) is 34.9 Å². The number of Topliss-reactive ketones (excluding diaryl/α,β-unsaturated/α-hetero) is 1. The molecule has 1 heterocycles. The van der Waals surface area contributed by atoms with Crippen LogP contribution in [0.25, 0.3) is 0 Å². The summed E-state index contributed by atoms with van der Waals surface area (Å²) in [6, 6.07) is 7.60. The largest absolute Gasteiger partial charge is 0.306 e. The van der Waals surface area contributed by atoms with Crippen molar-refractivity contribution in [1.82, 2.24) is 5.32 Å². The predicted molar refractivity (Wildman–Crippen MR) is 65.7 cm³/mol. The van der Waals surface area contributed by atoms with Gasteiger partial charge in [0.2, 0.25) is 0 Å². The third-order valence-electron chi connectivity index (χ3n) is 3.16. The normalized spacial score (nSPS) is 23.7. The van der Waals surface area contributed by atoms with Gasteiger partial charge in [-0.2, -0.15) is 0 Å². The Morgan fingerprint density at radius 2 is 2.12 bits per heavy atom. The summed E-state index contributed by atoms with van der Waals surface area (Å²) in [7, 11) is 0. The summed E-state index contributed by atoms with van der Waals surface area (Å²) >= 11 is 6.08. The number of rotatable bonds is 2. The Labute approximate surface area is 101 Å². The Morgan fingerprint density at radius 3 is 2.69 bits per heavy atom. The number of benzene rings is 1. The maximum absolute atomic E-state index is 12.0. The molecule has 1 fully saturated rings. The predicted octanol–water partition coefficient (Wildman–Crippen LogP) is 2.45. The Hall–Kier alpha value is -0.860. The third kappa shape index (κ3) is 2.13. The quantitative estimate of drug-likeness (QED) is 0.856. The molecule has 0 spiro atoms. The van der Waals surface area contributed by atoms with Crippen LogP contribution in [0.5, 0.6) is 0 Å². The van der Waals surface area contributed by atoms with Crippen LogP contribution >= 0.6 is 11.6 Å². The lowest BCUT2D eigenvalue weighted by atomic mass is 9.87. The zero-order valence-corrected chi connectivity index (χ0v) is 10.3. The van der Waals surface area contributed by atoms with Gasteiger partial charge >= 0.3 is 0 Å². The molecule has 0 saturated carbocycles. The van der Waals surface area contributed by atoms with Crippen molar-refractivity contribution in [3.63, 3.8) is 0 Å². The molecule has 0 amide bonds. The molecule has 1 unspecified atom stereocenters. The van der Waals surface area contributed by atoms with Gasteiger partial charge in [-0.15, -0.1) is 0 Å². The molecule has 0 aliphatic carbocycles. The van der Waals surface area contributed by atoms with Gasteiger partial charge in [0.25, 0.3) is 0 Å². The van der Waals surface area contributed by atoms with E-state index < -0.39 is 0 Å². The van der Waals surface area contributed by atoms with E-state index in [1.807, 2.05) is 38.1 Å². The zero-order valence-electron chi connectivity index (χ0n) is 9.59. The first-order chi connectivity index (χ1) is 7.50. The molecule has 1 aliphatic rings. The number of ketones is 1. The average molecular weight is 238 g/mol. The molecule has 0 bridgehead atoms. The van der Waals surface area contributed by atoms with Crippen LogP contribution in [0, 0.1) is 5.41 Å². The summed E-state index contributed by atoms with van der Waals surface area (Å²) in [5.74, 6) is 0.285. The Bertz CT molecular complexity index is 414. The average Bonchev–Trinajstić information content (AvgIpc) is 2.49. The molecule has 0 aromatic heterocycles. The molecular weight excluding hydrogens is 222 g/mol. The lowest BCUT2D eigenvalue weighted by Crippen LogP contribution is -2.31. The summed E-state index contributed by atoms with van der Waals surface area (Å²) in [6.45, 7) is 4.71.